The zero-order chi connectivity index (χ0) is 7.70. The van der Waals surface area contributed by atoms with Crippen molar-refractivity contribution >= 4 is 5.96 Å². The minimum absolute atomic E-state index is 0.333. The van der Waals surface area contributed by atoms with Crippen LogP contribution in [0.15, 0.2) is 0 Å². The Morgan fingerprint density at radius 3 is 1.89 bits per heavy atom. The molecular formula is C5H15N3O. The highest BCUT2D eigenvalue weighted by Gasteiger charge is 1.69. The van der Waals surface area contributed by atoms with E-state index in [0.29, 0.717) is 6.61 Å². The number of hydrogen-bond acceptors (Lipinski definition) is 2. The van der Waals surface area contributed by atoms with E-state index in [1.807, 2.05) is 0 Å². The Labute approximate surface area is 55.4 Å². The lowest BCUT2D eigenvalue weighted by Crippen LogP contribution is -2.20. The standard InChI is InChI=1S/C4H10O.CH5N3/c1-2-3-4-5;2-1(3)4/h5H,2-4H2,1H3;(H5,2,3,4). The maximum atomic E-state index is 8.07. The van der Waals surface area contributed by atoms with Crippen molar-refractivity contribution < 1.29 is 5.11 Å². The number of nitrogens with one attached hydrogen (secondary N) is 1. The van der Waals surface area contributed by atoms with Gasteiger partial charge in [-0.25, -0.2) is 0 Å². The molecule has 9 heavy (non-hydrogen) atoms. The van der Waals surface area contributed by atoms with Crippen molar-refractivity contribution in [1.82, 2.24) is 0 Å². The van der Waals surface area contributed by atoms with Crippen molar-refractivity contribution in [3.8, 4) is 0 Å². The van der Waals surface area contributed by atoms with Crippen molar-refractivity contribution in [2.24, 2.45) is 11.5 Å². The number of unbranched alkanes of at least 4 members (excludes halogenated alkanes) is 1. The van der Waals surface area contributed by atoms with Crippen LogP contribution < -0.4 is 11.5 Å². The van der Waals surface area contributed by atoms with Crippen LogP contribution in [0.2, 0.25) is 0 Å². The summed E-state index contributed by atoms with van der Waals surface area (Å²) in [4.78, 5) is 0. The SMILES string of the molecule is CCCCO.N=C(N)N. The monoisotopic (exact) mass is 133 g/mol. The Bertz CT molecular complexity index is 59.2. The number of aliphatic hydroxyl groups excluding tert-OH is 1. The van der Waals surface area contributed by atoms with E-state index in [9.17, 15) is 0 Å². The summed E-state index contributed by atoms with van der Waals surface area (Å²) in [6, 6.07) is 0. The van der Waals surface area contributed by atoms with E-state index in [4.69, 9.17) is 10.5 Å². The molecule has 0 aromatic carbocycles. The molecule has 0 saturated heterocycles. The van der Waals surface area contributed by atoms with Crippen LogP contribution >= 0.6 is 0 Å². The summed E-state index contributed by atoms with van der Waals surface area (Å²) in [6.45, 7) is 2.40. The summed E-state index contributed by atoms with van der Waals surface area (Å²) in [7, 11) is 0. The highest BCUT2D eigenvalue weighted by Crippen LogP contribution is 1.78. The lowest BCUT2D eigenvalue weighted by atomic mass is 10.4. The highest BCUT2D eigenvalue weighted by atomic mass is 16.2. The van der Waals surface area contributed by atoms with Crippen LogP contribution in [-0.4, -0.2) is 17.7 Å². The van der Waals surface area contributed by atoms with Gasteiger partial charge in [-0.1, -0.05) is 13.3 Å². The van der Waals surface area contributed by atoms with Crippen LogP contribution in [-0.2, 0) is 0 Å². The molecule has 0 aliphatic rings. The van der Waals surface area contributed by atoms with Crippen molar-refractivity contribution in [3.63, 3.8) is 0 Å². The van der Waals surface area contributed by atoms with E-state index >= 15 is 0 Å². The Morgan fingerprint density at radius 1 is 1.56 bits per heavy atom. The number of aliphatic hydroxyl groups is 1. The fourth-order valence-electron chi connectivity index (χ4n) is 0.158. The second-order valence-electron chi connectivity index (χ2n) is 1.53. The van der Waals surface area contributed by atoms with Gasteiger partial charge >= 0.3 is 0 Å². The molecule has 0 amide bonds. The van der Waals surface area contributed by atoms with Crippen molar-refractivity contribution in [1.29, 1.82) is 5.41 Å². The number of guanidine groups is 1. The molecule has 0 fully saturated rings. The molecule has 0 radical (unpaired) electrons. The lowest BCUT2D eigenvalue weighted by Gasteiger charge is -1.79. The van der Waals surface area contributed by atoms with Gasteiger partial charge in [0.05, 0.1) is 0 Å². The molecule has 4 heteroatoms. The second kappa shape index (κ2) is 10.3. The molecule has 0 rings (SSSR count). The van der Waals surface area contributed by atoms with Gasteiger partial charge in [0, 0.05) is 6.61 Å². The van der Waals surface area contributed by atoms with E-state index in [-0.39, 0.29) is 5.96 Å². The first-order valence-corrected chi connectivity index (χ1v) is 2.85. The molecule has 0 aliphatic carbocycles. The molecule has 0 unspecified atom stereocenters. The smallest absolute Gasteiger partial charge is 0.183 e. The van der Waals surface area contributed by atoms with Gasteiger partial charge in [-0.05, 0) is 6.42 Å². The molecule has 0 atom stereocenters. The summed E-state index contributed by atoms with van der Waals surface area (Å²) in [5.41, 5.74) is 8.94. The van der Waals surface area contributed by atoms with Crippen LogP contribution in [0.25, 0.3) is 0 Å². The average molecular weight is 133 g/mol. The highest BCUT2D eigenvalue weighted by molar-refractivity contribution is 5.71. The molecule has 0 saturated carbocycles. The Kier molecular flexibility index (Phi) is 12.6. The van der Waals surface area contributed by atoms with Gasteiger partial charge in [0.15, 0.2) is 5.96 Å². The molecule has 0 heterocycles. The lowest BCUT2D eigenvalue weighted by molar-refractivity contribution is 0.287. The predicted octanol–water partition coefficient (Wildman–Crippen LogP) is -0.383. The van der Waals surface area contributed by atoms with Gasteiger partial charge < -0.3 is 16.6 Å². The minimum Gasteiger partial charge on any atom is -0.396 e. The fraction of sp³-hybridized carbons (Fsp3) is 0.800. The number of nitrogens with two attached hydrogens (primary N) is 2. The van der Waals surface area contributed by atoms with Crippen LogP contribution in [0.1, 0.15) is 19.8 Å². The average Bonchev–Trinajstić information content (AvgIpc) is 1.66. The summed E-state index contributed by atoms with van der Waals surface area (Å²) < 4.78 is 0. The molecule has 0 bridgehead atoms. The molecule has 0 aromatic heterocycles. The normalized spacial score (nSPS) is 7.33. The molecule has 6 N–H and O–H groups in total. The summed E-state index contributed by atoms with van der Waals surface area (Å²) in [5.74, 6) is -0.333. The Balaban J connectivity index is 0. The third-order valence-electron chi connectivity index (χ3n) is 0.512. The van der Waals surface area contributed by atoms with Gasteiger partial charge in [0.25, 0.3) is 0 Å². The third kappa shape index (κ3) is 131. The summed E-state index contributed by atoms with van der Waals surface area (Å²) in [6.07, 6.45) is 2.04. The van der Waals surface area contributed by atoms with Crippen LogP contribution in [0.3, 0.4) is 0 Å². The molecule has 0 aromatic rings. The third-order valence-corrected chi connectivity index (χ3v) is 0.512. The number of hydrogen-bond donors (Lipinski definition) is 4. The summed E-state index contributed by atoms with van der Waals surface area (Å²) >= 11 is 0. The zero-order valence-electron chi connectivity index (χ0n) is 5.72. The van der Waals surface area contributed by atoms with Crippen molar-refractivity contribution in [2.75, 3.05) is 6.61 Å². The van der Waals surface area contributed by atoms with Gasteiger partial charge in [-0.2, -0.15) is 0 Å². The Morgan fingerprint density at radius 2 is 1.89 bits per heavy atom. The molecular weight excluding hydrogens is 118 g/mol. The van der Waals surface area contributed by atoms with Crippen LogP contribution in [0.4, 0.5) is 0 Å². The van der Waals surface area contributed by atoms with Gasteiger partial charge in [-0.15, -0.1) is 0 Å². The predicted molar refractivity (Wildman–Crippen MR) is 38.1 cm³/mol. The maximum absolute atomic E-state index is 8.07. The van der Waals surface area contributed by atoms with E-state index in [1.165, 1.54) is 0 Å². The Hall–Kier alpha value is -0.770. The van der Waals surface area contributed by atoms with Crippen molar-refractivity contribution in [3.05, 3.63) is 0 Å². The van der Waals surface area contributed by atoms with Crippen LogP contribution in [0, 0.1) is 5.41 Å². The van der Waals surface area contributed by atoms with Crippen LogP contribution in [0.5, 0.6) is 0 Å². The first-order valence-electron chi connectivity index (χ1n) is 2.85. The number of rotatable bonds is 2. The topological polar surface area (TPSA) is 96.1 Å². The fourth-order valence-corrected chi connectivity index (χ4v) is 0.158. The van der Waals surface area contributed by atoms with E-state index in [1.54, 1.807) is 0 Å². The largest absolute Gasteiger partial charge is 0.396 e. The van der Waals surface area contributed by atoms with E-state index in [0.717, 1.165) is 12.8 Å². The first kappa shape index (κ1) is 11.1. The van der Waals surface area contributed by atoms with E-state index in [2.05, 4.69) is 18.4 Å². The quantitative estimate of drug-likeness (QED) is 0.305. The zero-order valence-corrected chi connectivity index (χ0v) is 5.72. The maximum Gasteiger partial charge on any atom is 0.183 e. The minimum atomic E-state index is -0.333. The summed E-state index contributed by atoms with van der Waals surface area (Å²) in [5, 5.41) is 14.1. The van der Waals surface area contributed by atoms with Gasteiger partial charge in [0.1, 0.15) is 0 Å². The molecule has 4 nitrogen and oxygen atoms in total. The molecule has 0 spiro atoms. The second-order valence-corrected chi connectivity index (χ2v) is 1.53. The molecule has 0 aliphatic heterocycles. The van der Waals surface area contributed by atoms with Crippen molar-refractivity contribution in [2.45, 2.75) is 19.8 Å². The molecule has 56 valence electrons. The van der Waals surface area contributed by atoms with Gasteiger partial charge in [0.2, 0.25) is 0 Å². The van der Waals surface area contributed by atoms with E-state index < -0.39 is 0 Å². The first-order chi connectivity index (χ1) is 4.15. The van der Waals surface area contributed by atoms with Gasteiger partial charge in [-0.3, -0.25) is 5.41 Å².